The Hall–Kier alpha value is -2.44. The number of carboxylic acids is 1. The molecule has 2 saturated heterocycles. The summed E-state index contributed by atoms with van der Waals surface area (Å²) in [6.45, 7) is 1.62. The third-order valence-electron chi connectivity index (χ3n) is 6.21. The molecular weight excluding hydrogens is 351 g/mol. The van der Waals surface area contributed by atoms with E-state index in [4.69, 9.17) is 0 Å². The van der Waals surface area contributed by atoms with Gasteiger partial charge in [-0.3, -0.25) is 9.59 Å². The van der Waals surface area contributed by atoms with Gasteiger partial charge in [-0.2, -0.15) is 0 Å². The smallest absolute Gasteiger partial charge is 0.326 e. The van der Waals surface area contributed by atoms with Crippen LogP contribution in [0, 0.1) is 17.2 Å². The van der Waals surface area contributed by atoms with E-state index in [-0.39, 0.29) is 23.1 Å². The van der Waals surface area contributed by atoms with Crippen LogP contribution in [0.2, 0.25) is 0 Å². The number of hydrogen-bond donors (Lipinski definition) is 1. The van der Waals surface area contributed by atoms with Gasteiger partial charge in [0, 0.05) is 31.1 Å². The van der Waals surface area contributed by atoms with Crippen molar-refractivity contribution in [2.45, 2.75) is 38.1 Å². The Morgan fingerprint density at radius 2 is 1.70 bits per heavy atom. The molecule has 1 aromatic rings. The number of carbonyl (C=O) groups is 3. The summed E-state index contributed by atoms with van der Waals surface area (Å²) in [5.74, 6) is -1.43. The highest BCUT2D eigenvalue weighted by Crippen LogP contribution is 2.45. The molecule has 3 fully saturated rings. The van der Waals surface area contributed by atoms with Crippen molar-refractivity contribution in [3.05, 3.63) is 35.6 Å². The highest BCUT2D eigenvalue weighted by molar-refractivity contribution is 5.97. The van der Waals surface area contributed by atoms with E-state index in [0.29, 0.717) is 44.5 Å². The normalized spacial score (nSPS) is 24.3. The van der Waals surface area contributed by atoms with Gasteiger partial charge in [-0.15, -0.1) is 0 Å². The molecule has 1 N–H and O–H groups in total. The molecule has 2 amide bonds. The van der Waals surface area contributed by atoms with Crippen molar-refractivity contribution in [2.75, 3.05) is 19.6 Å². The lowest BCUT2D eigenvalue weighted by Crippen LogP contribution is -2.45. The first-order chi connectivity index (χ1) is 12.9. The molecule has 0 radical (unpaired) electrons. The van der Waals surface area contributed by atoms with Gasteiger partial charge in [0.05, 0.1) is 0 Å². The Labute approximate surface area is 156 Å². The van der Waals surface area contributed by atoms with Crippen LogP contribution < -0.4 is 0 Å². The van der Waals surface area contributed by atoms with E-state index in [1.165, 1.54) is 29.2 Å². The molecule has 2 heterocycles. The number of piperidine rings is 1. The third kappa shape index (κ3) is 3.42. The zero-order valence-electron chi connectivity index (χ0n) is 15.1. The largest absolute Gasteiger partial charge is 0.480 e. The van der Waals surface area contributed by atoms with Crippen LogP contribution in [0.15, 0.2) is 24.3 Å². The average molecular weight is 374 g/mol. The molecule has 1 atom stereocenters. The topological polar surface area (TPSA) is 77.9 Å². The van der Waals surface area contributed by atoms with Crippen LogP contribution in [0.3, 0.4) is 0 Å². The van der Waals surface area contributed by atoms with Gasteiger partial charge in [0.2, 0.25) is 5.91 Å². The van der Waals surface area contributed by atoms with Gasteiger partial charge in [-0.05, 0) is 61.8 Å². The number of benzene rings is 1. The first-order valence-electron chi connectivity index (χ1n) is 9.47. The monoisotopic (exact) mass is 374 g/mol. The summed E-state index contributed by atoms with van der Waals surface area (Å²) in [7, 11) is 0. The standard InChI is InChI=1S/C20H23FN2O4/c21-15-5-3-14(4-6-15)18(25)23-12-20(11-16(23)19(26)27)7-9-22(10-8-20)17(24)13-1-2-13/h3-6,13,16H,1-2,7-12H2,(H,26,27)/t16-/m0/s1. The van der Waals surface area contributed by atoms with Crippen LogP contribution >= 0.6 is 0 Å². The number of amides is 2. The summed E-state index contributed by atoms with van der Waals surface area (Å²) in [5.41, 5.74) is 0.0278. The van der Waals surface area contributed by atoms with Crippen molar-refractivity contribution in [1.82, 2.24) is 9.80 Å². The van der Waals surface area contributed by atoms with E-state index in [2.05, 4.69) is 0 Å². The molecule has 144 valence electrons. The predicted molar refractivity (Wildman–Crippen MR) is 94.4 cm³/mol. The lowest BCUT2D eigenvalue weighted by Gasteiger charge is -2.39. The second kappa shape index (κ2) is 6.62. The molecular formula is C20H23FN2O4. The maximum atomic E-state index is 13.1. The number of likely N-dealkylation sites (tertiary alicyclic amines) is 2. The molecule has 1 aliphatic carbocycles. The van der Waals surface area contributed by atoms with Crippen LogP contribution in [0.1, 0.15) is 42.5 Å². The Kier molecular flexibility index (Phi) is 4.40. The zero-order chi connectivity index (χ0) is 19.2. The van der Waals surface area contributed by atoms with E-state index in [1.54, 1.807) is 0 Å². The minimum atomic E-state index is -1.01. The second-order valence-corrected chi connectivity index (χ2v) is 8.10. The SMILES string of the molecule is O=C(O)[C@@H]1CC2(CCN(C(=O)C3CC3)CC2)CN1C(=O)c1ccc(F)cc1. The molecule has 0 bridgehead atoms. The van der Waals surface area contributed by atoms with Crippen LogP contribution in [0.5, 0.6) is 0 Å². The maximum absolute atomic E-state index is 13.1. The lowest BCUT2D eigenvalue weighted by molar-refractivity contribution is -0.141. The number of nitrogens with zero attached hydrogens (tertiary/aromatic N) is 2. The quantitative estimate of drug-likeness (QED) is 0.879. The average Bonchev–Trinajstić information content (AvgIpc) is 3.44. The van der Waals surface area contributed by atoms with Gasteiger partial charge in [-0.25, -0.2) is 9.18 Å². The summed E-state index contributed by atoms with van der Waals surface area (Å²) in [5, 5.41) is 9.64. The molecule has 7 heteroatoms. The Morgan fingerprint density at radius 1 is 1.07 bits per heavy atom. The summed E-state index contributed by atoms with van der Waals surface area (Å²) in [6, 6.07) is 4.30. The van der Waals surface area contributed by atoms with Crippen LogP contribution in [-0.4, -0.2) is 58.4 Å². The van der Waals surface area contributed by atoms with Crippen molar-refractivity contribution in [3.8, 4) is 0 Å². The van der Waals surface area contributed by atoms with Gasteiger partial charge >= 0.3 is 5.97 Å². The number of rotatable bonds is 3. The van der Waals surface area contributed by atoms with Crippen molar-refractivity contribution in [3.63, 3.8) is 0 Å². The third-order valence-corrected chi connectivity index (χ3v) is 6.21. The molecule has 1 aromatic carbocycles. The predicted octanol–water partition coefficient (Wildman–Crippen LogP) is 2.14. The molecule has 1 saturated carbocycles. The van der Waals surface area contributed by atoms with Gasteiger partial charge in [0.1, 0.15) is 11.9 Å². The Bertz CT molecular complexity index is 767. The van der Waals surface area contributed by atoms with Crippen molar-refractivity contribution >= 4 is 17.8 Å². The zero-order valence-corrected chi connectivity index (χ0v) is 15.1. The van der Waals surface area contributed by atoms with Crippen molar-refractivity contribution < 1.29 is 23.9 Å². The van der Waals surface area contributed by atoms with Crippen LogP contribution in [0.25, 0.3) is 0 Å². The van der Waals surface area contributed by atoms with Gasteiger partial charge in [0.15, 0.2) is 0 Å². The molecule has 1 spiro atoms. The van der Waals surface area contributed by atoms with Gasteiger partial charge < -0.3 is 14.9 Å². The number of carbonyl (C=O) groups excluding carboxylic acids is 2. The van der Waals surface area contributed by atoms with Crippen LogP contribution in [-0.2, 0) is 9.59 Å². The molecule has 6 nitrogen and oxygen atoms in total. The fourth-order valence-corrected chi connectivity index (χ4v) is 4.40. The summed E-state index contributed by atoms with van der Waals surface area (Å²) in [6.07, 6.45) is 3.77. The number of aliphatic carboxylic acids is 1. The summed E-state index contributed by atoms with van der Waals surface area (Å²) in [4.78, 5) is 40.2. The highest BCUT2D eigenvalue weighted by Gasteiger charge is 2.50. The van der Waals surface area contributed by atoms with Crippen molar-refractivity contribution in [2.24, 2.45) is 11.3 Å². The molecule has 4 rings (SSSR count). The number of hydrogen-bond acceptors (Lipinski definition) is 3. The Balaban J connectivity index is 1.48. The van der Waals surface area contributed by atoms with Gasteiger partial charge in [-0.1, -0.05) is 0 Å². The molecule has 0 aromatic heterocycles. The van der Waals surface area contributed by atoms with Crippen molar-refractivity contribution in [1.29, 1.82) is 0 Å². The van der Waals surface area contributed by atoms with Crippen LogP contribution in [0.4, 0.5) is 4.39 Å². The van der Waals surface area contributed by atoms with E-state index in [0.717, 1.165) is 12.8 Å². The highest BCUT2D eigenvalue weighted by atomic mass is 19.1. The lowest BCUT2D eigenvalue weighted by atomic mass is 9.76. The number of halogens is 1. The summed E-state index contributed by atoms with van der Waals surface area (Å²) < 4.78 is 13.1. The molecule has 0 unspecified atom stereocenters. The fraction of sp³-hybridized carbons (Fsp3) is 0.550. The molecule has 2 aliphatic heterocycles. The van der Waals surface area contributed by atoms with Gasteiger partial charge in [0.25, 0.3) is 5.91 Å². The van der Waals surface area contributed by atoms with E-state index < -0.39 is 17.8 Å². The second-order valence-electron chi connectivity index (χ2n) is 8.10. The first-order valence-corrected chi connectivity index (χ1v) is 9.47. The van der Waals surface area contributed by atoms with E-state index in [9.17, 15) is 23.9 Å². The maximum Gasteiger partial charge on any atom is 0.326 e. The van der Waals surface area contributed by atoms with E-state index in [1.807, 2.05) is 4.90 Å². The molecule has 3 aliphatic rings. The molecule has 27 heavy (non-hydrogen) atoms. The summed E-state index contributed by atoms with van der Waals surface area (Å²) >= 11 is 0. The fourth-order valence-electron chi connectivity index (χ4n) is 4.40. The number of carboxylic acid groups (broad SMARTS) is 1. The first kappa shape index (κ1) is 17.9. The minimum absolute atomic E-state index is 0.186. The van der Waals surface area contributed by atoms with E-state index >= 15 is 0 Å². The minimum Gasteiger partial charge on any atom is -0.480 e. The Morgan fingerprint density at radius 3 is 2.26 bits per heavy atom.